The van der Waals surface area contributed by atoms with Crippen molar-refractivity contribution in [1.29, 1.82) is 0 Å². The van der Waals surface area contributed by atoms with E-state index in [-0.39, 0.29) is 32.0 Å². The number of hydrogen-bond donors (Lipinski definition) is 0. The zero-order chi connectivity index (χ0) is 6.55. The second-order valence-corrected chi connectivity index (χ2v) is 3.53. The number of rotatable bonds is 0. The van der Waals surface area contributed by atoms with Crippen molar-refractivity contribution in [2.75, 3.05) is 40.0 Å². The van der Waals surface area contributed by atoms with E-state index in [9.17, 15) is 0 Å². The van der Waals surface area contributed by atoms with Crippen LogP contribution in [0.2, 0.25) is 0 Å². The minimum absolute atomic E-state index is 0. The molecule has 0 amide bonds. The monoisotopic (exact) mass is 369 g/mol. The van der Waals surface area contributed by atoms with Crippen LogP contribution >= 0.6 is 0 Å². The van der Waals surface area contributed by atoms with Gasteiger partial charge in [-0.3, -0.25) is 19.6 Å². The van der Waals surface area contributed by atoms with Crippen LogP contribution in [0.3, 0.4) is 0 Å². The van der Waals surface area contributed by atoms with Gasteiger partial charge in [-0.2, -0.15) is 0 Å². The first-order chi connectivity index (χ1) is 4.90. The molecule has 0 aromatic carbocycles. The van der Waals surface area contributed by atoms with Gasteiger partial charge < -0.3 is 11.0 Å². The van der Waals surface area contributed by atoms with E-state index in [1.165, 1.54) is 40.0 Å². The molecular weight excluding hydrogens is 355 g/mol. The third-order valence-corrected chi connectivity index (χ3v) is 2.40. The smallest absolute Gasteiger partial charge is 0.870 e. The van der Waals surface area contributed by atoms with Gasteiger partial charge in [-0.25, -0.2) is 0 Å². The largest absolute Gasteiger partial charge is 2.00 e. The predicted molar refractivity (Wildman–Crippen MR) is 40.4 cm³/mol. The number of nitrogens with zero attached hydrogens (tertiary/aromatic N) is 4. The fraction of sp³-hybridized carbons (Fsp3) is 1.00. The molecule has 4 aliphatic heterocycles. The van der Waals surface area contributed by atoms with Gasteiger partial charge in [0.15, 0.2) is 0 Å². The molecule has 0 aromatic heterocycles. The molecule has 0 aliphatic carbocycles. The van der Waals surface area contributed by atoms with Gasteiger partial charge >= 0.3 is 21.1 Å². The summed E-state index contributed by atoms with van der Waals surface area (Å²) >= 11 is 0. The van der Waals surface area contributed by atoms with Crippen LogP contribution in [-0.4, -0.2) is 70.6 Å². The summed E-state index contributed by atoms with van der Waals surface area (Å²) in [6.45, 7) is 7.12. The Kier molecular flexibility index (Phi) is 4.96. The van der Waals surface area contributed by atoms with Crippen molar-refractivity contribution >= 4 is 0 Å². The molecule has 0 unspecified atom stereocenters. The molecule has 4 rings (SSSR count). The quantitative estimate of drug-likeness (QED) is 0.524. The van der Waals surface area contributed by atoms with Crippen molar-refractivity contribution < 1.29 is 32.0 Å². The van der Waals surface area contributed by atoms with E-state index in [1.807, 2.05) is 0 Å². The Morgan fingerprint density at radius 3 is 0.769 bits per heavy atom. The van der Waals surface area contributed by atoms with Crippen molar-refractivity contribution in [3.05, 3.63) is 0 Å². The van der Waals surface area contributed by atoms with Crippen LogP contribution in [0.5, 0.6) is 0 Å². The molecule has 0 aromatic rings. The Morgan fingerprint density at radius 1 is 0.462 bits per heavy atom. The van der Waals surface area contributed by atoms with E-state index >= 15 is 0 Å². The second-order valence-electron chi connectivity index (χ2n) is 3.53. The first kappa shape index (κ1) is 13.4. The van der Waals surface area contributed by atoms with Crippen molar-refractivity contribution in [2.24, 2.45) is 0 Å². The van der Waals surface area contributed by atoms with E-state index in [2.05, 4.69) is 19.6 Å². The van der Waals surface area contributed by atoms with E-state index in [1.54, 1.807) is 0 Å². The summed E-state index contributed by atoms with van der Waals surface area (Å²) in [6.07, 6.45) is 0. The Morgan fingerprint density at radius 2 is 0.615 bits per heavy atom. The van der Waals surface area contributed by atoms with E-state index < -0.39 is 0 Å². The van der Waals surface area contributed by atoms with Crippen LogP contribution in [0.1, 0.15) is 0 Å². The maximum atomic E-state index is 2.47. The van der Waals surface area contributed by atoms with Gasteiger partial charge in [0.05, 0.1) is 40.0 Å². The van der Waals surface area contributed by atoms with Gasteiger partial charge in [0.1, 0.15) is 0 Å². The van der Waals surface area contributed by atoms with E-state index in [0.29, 0.717) is 0 Å². The Hall–Kier alpha value is 0.448. The standard InChI is InChI=1S/C6H12N4.2H2O.Pt/c1-7-2-9-4-8(1)5-10(3-7)6-9;;;/h1-6H2;2*1H2;/q;;;+2/p-2. The molecular formula is C6H14N4O2Pt. The van der Waals surface area contributed by atoms with Crippen LogP contribution < -0.4 is 0 Å². The van der Waals surface area contributed by atoms with Crippen LogP contribution in [0.15, 0.2) is 0 Å². The van der Waals surface area contributed by atoms with Crippen molar-refractivity contribution in [3.63, 3.8) is 0 Å². The Bertz CT molecular complexity index is 114. The van der Waals surface area contributed by atoms with Crippen molar-refractivity contribution in [2.45, 2.75) is 0 Å². The minimum atomic E-state index is 0. The normalized spacial score (nSPS) is 44.3. The minimum Gasteiger partial charge on any atom is -0.870 e. The zero-order valence-corrected chi connectivity index (χ0v) is 9.51. The molecule has 6 nitrogen and oxygen atoms in total. The Balaban J connectivity index is 0.000000480. The average Bonchev–Trinajstić information content (AvgIpc) is 1.82. The summed E-state index contributed by atoms with van der Waals surface area (Å²) in [5.41, 5.74) is 0. The Labute approximate surface area is 91.9 Å². The zero-order valence-electron chi connectivity index (χ0n) is 7.24. The topological polar surface area (TPSA) is 73.0 Å². The predicted octanol–water partition coefficient (Wildman–Crippen LogP) is -1.38. The molecule has 4 heterocycles. The molecule has 0 atom stereocenters. The van der Waals surface area contributed by atoms with E-state index in [0.717, 1.165) is 0 Å². The first-order valence-electron chi connectivity index (χ1n) is 3.79. The first-order valence-corrected chi connectivity index (χ1v) is 3.79. The van der Waals surface area contributed by atoms with Gasteiger partial charge in [-0.15, -0.1) is 0 Å². The molecule has 4 bridgehead atoms. The summed E-state index contributed by atoms with van der Waals surface area (Å²) in [6, 6.07) is 0. The van der Waals surface area contributed by atoms with Gasteiger partial charge in [0.2, 0.25) is 0 Å². The van der Waals surface area contributed by atoms with Gasteiger partial charge in [0.25, 0.3) is 0 Å². The molecule has 2 N–H and O–H groups in total. The molecule has 0 spiro atoms. The molecule has 4 aliphatic rings. The van der Waals surface area contributed by atoms with Crippen LogP contribution in [0, 0.1) is 0 Å². The maximum absolute atomic E-state index is 2.47. The summed E-state index contributed by atoms with van der Waals surface area (Å²) in [7, 11) is 0. The van der Waals surface area contributed by atoms with E-state index in [4.69, 9.17) is 0 Å². The molecule has 4 fully saturated rings. The molecule has 0 saturated carbocycles. The van der Waals surface area contributed by atoms with Crippen LogP contribution in [-0.2, 0) is 21.1 Å². The summed E-state index contributed by atoms with van der Waals surface area (Å²) in [5.74, 6) is 0. The third-order valence-electron chi connectivity index (χ3n) is 2.40. The van der Waals surface area contributed by atoms with Gasteiger partial charge in [0, 0.05) is 0 Å². The van der Waals surface area contributed by atoms with Crippen molar-refractivity contribution in [3.8, 4) is 0 Å². The fourth-order valence-corrected chi connectivity index (χ4v) is 2.23. The number of hydrogen-bond acceptors (Lipinski definition) is 6. The third kappa shape index (κ3) is 2.27. The summed E-state index contributed by atoms with van der Waals surface area (Å²) in [5, 5.41) is 0. The summed E-state index contributed by atoms with van der Waals surface area (Å²) < 4.78 is 0. The SMILES string of the molecule is C1N2CN3CN1CN(C2)C3.[OH-].[OH-].[Pt+2]. The van der Waals surface area contributed by atoms with Gasteiger partial charge in [-0.05, 0) is 0 Å². The fourth-order valence-electron chi connectivity index (χ4n) is 2.23. The molecule has 4 saturated heterocycles. The maximum Gasteiger partial charge on any atom is 2.00 e. The average molecular weight is 369 g/mol. The summed E-state index contributed by atoms with van der Waals surface area (Å²) in [4.78, 5) is 9.88. The molecule has 80 valence electrons. The van der Waals surface area contributed by atoms with Crippen LogP contribution in [0.25, 0.3) is 0 Å². The molecule has 13 heavy (non-hydrogen) atoms. The van der Waals surface area contributed by atoms with Gasteiger partial charge in [-0.1, -0.05) is 0 Å². The molecule has 0 radical (unpaired) electrons. The molecule has 7 heteroatoms. The second kappa shape index (κ2) is 4.79. The van der Waals surface area contributed by atoms with Crippen molar-refractivity contribution in [1.82, 2.24) is 19.6 Å². The van der Waals surface area contributed by atoms with Crippen LogP contribution in [0.4, 0.5) is 0 Å².